The minimum Gasteiger partial charge on any atom is -0.293 e. The van der Waals surface area contributed by atoms with E-state index in [1.807, 2.05) is 91.0 Å². The Kier molecular flexibility index (Phi) is 4.93. The van der Waals surface area contributed by atoms with Crippen molar-refractivity contribution in [1.82, 2.24) is 0 Å². The molecular formula is C26H20O. The van der Waals surface area contributed by atoms with Crippen molar-refractivity contribution in [2.24, 2.45) is 0 Å². The van der Waals surface area contributed by atoms with Crippen molar-refractivity contribution in [1.29, 1.82) is 0 Å². The lowest BCUT2D eigenvalue weighted by molar-refractivity contribution is 0.0974. The zero-order valence-electron chi connectivity index (χ0n) is 15.0. The monoisotopic (exact) mass is 348 g/mol. The molecule has 0 aliphatic carbocycles. The summed E-state index contributed by atoms with van der Waals surface area (Å²) in [5, 5.41) is 0. The zero-order chi connectivity index (χ0) is 18.5. The van der Waals surface area contributed by atoms with Gasteiger partial charge < -0.3 is 0 Å². The van der Waals surface area contributed by atoms with Crippen LogP contribution in [0.25, 0.3) is 11.1 Å². The predicted octanol–water partition coefficient (Wildman–Crippen LogP) is 6.37. The molecule has 0 aliphatic rings. The molecule has 1 atom stereocenters. The van der Waals surface area contributed by atoms with E-state index < -0.39 is 0 Å². The fourth-order valence-electron chi connectivity index (χ4n) is 3.52. The van der Waals surface area contributed by atoms with Crippen LogP contribution in [0.4, 0.5) is 0 Å². The molecule has 0 aromatic heterocycles. The van der Waals surface area contributed by atoms with E-state index in [0.29, 0.717) is 0 Å². The molecule has 0 spiro atoms. The quantitative estimate of drug-likeness (QED) is 0.383. The van der Waals surface area contributed by atoms with E-state index in [9.17, 15) is 4.79 Å². The van der Waals surface area contributed by atoms with Crippen molar-refractivity contribution in [2.45, 2.75) is 5.92 Å². The topological polar surface area (TPSA) is 17.1 Å². The van der Waals surface area contributed by atoms with Gasteiger partial charge in [0.15, 0.2) is 5.78 Å². The summed E-state index contributed by atoms with van der Waals surface area (Å²) in [6.45, 7) is 0. The number of ketones is 1. The van der Waals surface area contributed by atoms with Gasteiger partial charge >= 0.3 is 0 Å². The SMILES string of the molecule is O=C(c1ccccc1)[C@H](c1ccccc1)c1ccccc1-c1ccccc1. The van der Waals surface area contributed by atoms with Crippen LogP contribution in [-0.4, -0.2) is 5.78 Å². The Labute approximate surface area is 159 Å². The smallest absolute Gasteiger partial charge is 0.174 e. The summed E-state index contributed by atoms with van der Waals surface area (Å²) in [7, 11) is 0. The molecule has 1 heteroatoms. The van der Waals surface area contributed by atoms with E-state index in [4.69, 9.17) is 0 Å². The first-order valence-corrected chi connectivity index (χ1v) is 9.13. The highest BCUT2D eigenvalue weighted by atomic mass is 16.1. The molecule has 0 radical (unpaired) electrons. The van der Waals surface area contributed by atoms with Gasteiger partial charge in [0, 0.05) is 5.56 Å². The Bertz CT molecular complexity index is 1020. The van der Waals surface area contributed by atoms with E-state index in [-0.39, 0.29) is 11.7 Å². The number of hydrogen-bond donors (Lipinski definition) is 0. The van der Waals surface area contributed by atoms with Crippen LogP contribution in [0.15, 0.2) is 115 Å². The molecular weight excluding hydrogens is 328 g/mol. The van der Waals surface area contributed by atoms with Gasteiger partial charge in [0.05, 0.1) is 5.92 Å². The minimum absolute atomic E-state index is 0.116. The van der Waals surface area contributed by atoms with Gasteiger partial charge in [-0.05, 0) is 22.3 Å². The fraction of sp³-hybridized carbons (Fsp3) is 0.0385. The van der Waals surface area contributed by atoms with Crippen LogP contribution in [0.3, 0.4) is 0 Å². The molecule has 0 fully saturated rings. The zero-order valence-corrected chi connectivity index (χ0v) is 15.0. The lowest BCUT2D eigenvalue weighted by Crippen LogP contribution is -2.15. The molecule has 4 aromatic rings. The van der Waals surface area contributed by atoms with Crippen LogP contribution < -0.4 is 0 Å². The predicted molar refractivity (Wildman–Crippen MR) is 111 cm³/mol. The van der Waals surface area contributed by atoms with Gasteiger partial charge in [-0.1, -0.05) is 115 Å². The molecule has 1 nitrogen and oxygen atoms in total. The molecule has 0 amide bonds. The average Bonchev–Trinajstić information content (AvgIpc) is 2.76. The normalized spacial score (nSPS) is 11.7. The van der Waals surface area contributed by atoms with Gasteiger partial charge in [0.1, 0.15) is 0 Å². The third-order valence-corrected chi connectivity index (χ3v) is 4.81. The Balaban J connectivity index is 1.90. The molecule has 0 unspecified atom stereocenters. The number of carbonyl (C=O) groups is 1. The highest BCUT2D eigenvalue weighted by Crippen LogP contribution is 2.35. The van der Waals surface area contributed by atoms with E-state index >= 15 is 0 Å². The summed E-state index contributed by atoms with van der Waals surface area (Å²) in [5.41, 5.74) is 4.99. The fourth-order valence-corrected chi connectivity index (χ4v) is 3.52. The Hall–Kier alpha value is -3.45. The summed E-state index contributed by atoms with van der Waals surface area (Å²) in [4.78, 5) is 13.5. The van der Waals surface area contributed by atoms with Crippen LogP contribution in [0.1, 0.15) is 27.4 Å². The van der Waals surface area contributed by atoms with Crippen molar-refractivity contribution in [3.63, 3.8) is 0 Å². The molecule has 0 saturated heterocycles. The second-order valence-electron chi connectivity index (χ2n) is 6.53. The summed E-state index contributed by atoms with van der Waals surface area (Å²) in [6.07, 6.45) is 0. The van der Waals surface area contributed by atoms with Gasteiger partial charge in [0.2, 0.25) is 0 Å². The third-order valence-electron chi connectivity index (χ3n) is 4.81. The molecule has 0 aliphatic heterocycles. The second kappa shape index (κ2) is 7.84. The molecule has 0 heterocycles. The van der Waals surface area contributed by atoms with Gasteiger partial charge in [0.25, 0.3) is 0 Å². The summed E-state index contributed by atoms with van der Waals surface area (Å²) >= 11 is 0. The minimum atomic E-state index is -0.343. The Morgan fingerprint density at radius 2 is 1.07 bits per heavy atom. The number of Topliss-reactive ketones (excluding diaryl/α,β-unsaturated/α-hetero) is 1. The average molecular weight is 348 g/mol. The molecule has 4 aromatic carbocycles. The molecule has 4 rings (SSSR count). The van der Waals surface area contributed by atoms with E-state index in [1.165, 1.54) is 0 Å². The second-order valence-corrected chi connectivity index (χ2v) is 6.53. The van der Waals surface area contributed by atoms with E-state index in [1.54, 1.807) is 0 Å². The first-order chi connectivity index (χ1) is 13.3. The highest BCUT2D eigenvalue weighted by molar-refractivity contribution is 6.04. The first-order valence-electron chi connectivity index (χ1n) is 9.13. The van der Waals surface area contributed by atoms with Crippen LogP contribution in [-0.2, 0) is 0 Å². The van der Waals surface area contributed by atoms with Crippen LogP contribution in [0.5, 0.6) is 0 Å². The van der Waals surface area contributed by atoms with Crippen LogP contribution >= 0.6 is 0 Å². The highest BCUT2D eigenvalue weighted by Gasteiger charge is 2.26. The summed E-state index contributed by atoms with van der Waals surface area (Å²) < 4.78 is 0. The van der Waals surface area contributed by atoms with Crippen molar-refractivity contribution in [2.75, 3.05) is 0 Å². The van der Waals surface area contributed by atoms with Gasteiger partial charge in [-0.15, -0.1) is 0 Å². The van der Waals surface area contributed by atoms with Crippen molar-refractivity contribution in [3.8, 4) is 11.1 Å². The maximum Gasteiger partial charge on any atom is 0.174 e. The lowest BCUT2D eigenvalue weighted by atomic mass is 9.81. The maximum absolute atomic E-state index is 13.5. The number of benzene rings is 4. The molecule has 0 bridgehead atoms. The van der Waals surface area contributed by atoms with Gasteiger partial charge in [-0.2, -0.15) is 0 Å². The molecule has 0 N–H and O–H groups in total. The van der Waals surface area contributed by atoms with Crippen molar-refractivity contribution < 1.29 is 4.79 Å². The van der Waals surface area contributed by atoms with Gasteiger partial charge in [-0.25, -0.2) is 0 Å². The van der Waals surface area contributed by atoms with E-state index in [2.05, 4.69) is 24.3 Å². The summed E-state index contributed by atoms with van der Waals surface area (Å²) in [6, 6.07) is 38.0. The summed E-state index contributed by atoms with van der Waals surface area (Å²) in [5.74, 6) is -0.227. The van der Waals surface area contributed by atoms with Crippen molar-refractivity contribution >= 4 is 5.78 Å². The Morgan fingerprint density at radius 3 is 1.74 bits per heavy atom. The molecule has 0 saturated carbocycles. The standard InChI is InChI=1S/C26H20O/c27-26(22-16-8-3-9-17-22)25(21-14-6-2-7-15-21)24-19-11-10-18-23(24)20-12-4-1-5-13-20/h1-19,25H/t25-/m1/s1. The van der Waals surface area contributed by atoms with E-state index in [0.717, 1.165) is 27.8 Å². The largest absolute Gasteiger partial charge is 0.293 e. The lowest BCUT2D eigenvalue weighted by Gasteiger charge is -2.20. The van der Waals surface area contributed by atoms with Crippen LogP contribution in [0.2, 0.25) is 0 Å². The van der Waals surface area contributed by atoms with Crippen LogP contribution in [0, 0.1) is 0 Å². The number of rotatable bonds is 5. The molecule has 27 heavy (non-hydrogen) atoms. The van der Waals surface area contributed by atoms with Gasteiger partial charge in [-0.3, -0.25) is 4.79 Å². The number of carbonyl (C=O) groups excluding carboxylic acids is 1. The van der Waals surface area contributed by atoms with Crippen molar-refractivity contribution in [3.05, 3.63) is 132 Å². The third kappa shape index (κ3) is 3.58. The maximum atomic E-state index is 13.5. The molecule has 130 valence electrons. The Morgan fingerprint density at radius 1 is 0.556 bits per heavy atom. The first kappa shape index (κ1) is 17.0. The number of hydrogen-bond acceptors (Lipinski definition) is 1.